The summed E-state index contributed by atoms with van der Waals surface area (Å²) in [6, 6.07) is 2.28. The zero-order valence-electron chi connectivity index (χ0n) is 15.7. The minimum atomic E-state index is -0.0939. The normalized spacial score (nSPS) is 25.1. The van der Waals surface area contributed by atoms with Crippen molar-refractivity contribution in [3.63, 3.8) is 0 Å². The van der Waals surface area contributed by atoms with E-state index >= 15 is 0 Å². The van der Waals surface area contributed by atoms with Crippen molar-refractivity contribution in [1.29, 1.82) is 0 Å². The molecular formula is C22H29NO2. The van der Waals surface area contributed by atoms with Gasteiger partial charge in [-0.25, -0.2) is 0 Å². The summed E-state index contributed by atoms with van der Waals surface area (Å²) in [7, 11) is 1.49. The van der Waals surface area contributed by atoms with E-state index in [-0.39, 0.29) is 5.97 Å². The number of rotatable bonds is 3. The van der Waals surface area contributed by atoms with Crippen LogP contribution in [0.5, 0.6) is 0 Å². The van der Waals surface area contributed by atoms with E-state index in [1.54, 1.807) is 11.1 Å². The molecule has 2 saturated carbocycles. The van der Waals surface area contributed by atoms with Crippen LogP contribution in [0.15, 0.2) is 23.4 Å². The first-order valence-corrected chi connectivity index (χ1v) is 9.54. The molecule has 0 N–H and O–H groups in total. The summed E-state index contributed by atoms with van der Waals surface area (Å²) in [5.74, 6) is 0.552. The molecule has 2 aliphatic carbocycles. The molecule has 134 valence electrons. The van der Waals surface area contributed by atoms with Crippen LogP contribution in [0.2, 0.25) is 0 Å². The zero-order chi connectivity index (χ0) is 17.8. The minimum absolute atomic E-state index is 0.0939. The van der Waals surface area contributed by atoms with Crippen LogP contribution >= 0.6 is 0 Å². The average Bonchev–Trinajstić information content (AvgIpc) is 2.60. The molecule has 0 radical (unpaired) electrons. The molecule has 1 unspecified atom stereocenters. The minimum Gasteiger partial charge on any atom is -0.469 e. The van der Waals surface area contributed by atoms with E-state index in [0.29, 0.717) is 18.3 Å². The Hall–Kier alpha value is -1.90. The van der Waals surface area contributed by atoms with Crippen molar-refractivity contribution in [2.75, 3.05) is 7.11 Å². The smallest absolute Gasteiger partial charge is 0.305 e. The SMILES string of the molecule is C/C=c1/cc([C@@H]2C(=C3CCC3)CCCC2CC(=O)OC)cn/c1=C/C. The standard InChI is InChI=1S/C22H29NO2/c1-4-15-12-18(14-23-20(15)5-2)22-17(13-21(24)25-3)10-7-11-19(22)16-8-6-9-16/h4-5,12,14,17,22H,6-11,13H2,1-3H3/b15-4-,20-5+/t17?,22-/m1/s1. The van der Waals surface area contributed by atoms with E-state index in [9.17, 15) is 4.79 Å². The van der Waals surface area contributed by atoms with Crippen molar-refractivity contribution in [3.05, 3.63) is 39.5 Å². The number of methoxy groups -OCH3 is 1. The molecule has 1 aromatic heterocycles. The molecule has 25 heavy (non-hydrogen) atoms. The Balaban J connectivity index is 2.06. The maximum Gasteiger partial charge on any atom is 0.305 e. The largest absolute Gasteiger partial charge is 0.469 e. The van der Waals surface area contributed by atoms with E-state index in [0.717, 1.165) is 11.8 Å². The van der Waals surface area contributed by atoms with Gasteiger partial charge in [-0.05, 0) is 75.1 Å². The number of carbonyl (C=O) groups excluding carboxylic acids is 1. The molecule has 3 nitrogen and oxygen atoms in total. The van der Waals surface area contributed by atoms with Gasteiger partial charge in [0.05, 0.1) is 12.5 Å². The third-order valence-electron chi connectivity index (χ3n) is 5.85. The number of ether oxygens (including phenoxy) is 1. The Morgan fingerprint density at radius 2 is 2.04 bits per heavy atom. The van der Waals surface area contributed by atoms with Gasteiger partial charge in [0.2, 0.25) is 0 Å². The molecule has 0 amide bonds. The second-order valence-electron chi connectivity index (χ2n) is 7.21. The van der Waals surface area contributed by atoms with E-state index in [1.165, 1.54) is 50.0 Å². The van der Waals surface area contributed by atoms with Crippen molar-refractivity contribution in [1.82, 2.24) is 4.98 Å². The van der Waals surface area contributed by atoms with Crippen molar-refractivity contribution >= 4 is 18.1 Å². The van der Waals surface area contributed by atoms with Crippen LogP contribution in [0.4, 0.5) is 0 Å². The number of carbonyl (C=O) groups is 1. The van der Waals surface area contributed by atoms with Crippen LogP contribution in [0, 0.1) is 5.92 Å². The van der Waals surface area contributed by atoms with E-state index < -0.39 is 0 Å². The third-order valence-corrected chi connectivity index (χ3v) is 5.85. The Labute approximate surface area is 150 Å². The number of esters is 1. The predicted molar refractivity (Wildman–Crippen MR) is 101 cm³/mol. The third kappa shape index (κ3) is 3.70. The van der Waals surface area contributed by atoms with Crippen molar-refractivity contribution in [3.8, 4) is 0 Å². The van der Waals surface area contributed by atoms with Gasteiger partial charge in [0.1, 0.15) is 0 Å². The topological polar surface area (TPSA) is 39.2 Å². The highest BCUT2D eigenvalue weighted by atomic mass is 16.5. The molecule has 0 saturated heterocycles. The van der Waals surface area contributed by atoms with Gasteiger partial charge in [0.25, 0.3) is 0 Å². The van der Waals surface area contributed by atoms with Crippen LogP contribution in [0.25, 0.3) is 12.2 Å². The quantitative estimate of drug-likeness (QED) is 0.624. The summed E-state index contributed by atoms with van der Waals surface area (Å²) in [5.41, 5.74) is 4.48. The van der Waals surface area contributed by atoms with Gasteiger partial charge in [-0.1, -0.05) is 23.3 Å². The monoisotopic (exact) mass is 339 g/mol. The summed E-state index contributed by atoms with van der Waals surface area (Å²) in [4.78, 5) is 16.7. The second-order valence-corrected chi connectivity index (χ2v) is 7.21. The molecule has 0 bridgehead atoms. The highest BCUT2D eigenvalue weighted by Crippen LogP contribution is 2.47. The maximum atomic E-state index is 12.0. The number of allylic oxidation sites excluding steroid dienone is 2. The molecule has 0 spiro atoms. The first kappa shape index (κ1) is 17.9. The predicted octanol–water partition coefficient (Wildman–Crippen LogP) is 3.61. The van der Waals surface area contributed by atoms with Crippen LogP contribution in [0.1, 0.15) is 70.3 Å². The number of hydrogen-bond acceptors (Lipinski definition) is 3. The second kappa shape index (κ2) is 7.99. The molecule has 1 aromatic rings. The first-order chi connectivity index (χ1) is 12.2. The number of pyridine rings is 1. The highest BCUT2D eigenvalue weighted by Gasteiger charge is 2.34. The van der Waals surface area contributed by atoms with Crippen molar-refractivity contribution in [2.45, 2.75) is 64.7 Å². The Morgan fingerprint density at radius 1 is 1.24 bits per heavy atom. The van der Waals surface area contributed by atoms with E-state index in [4.69, 9.17) is 4.74 Å². The summed E-state index contributed by atoms with van der Waals surface area (Å²) >= 11 is 0. The van der Waals surface area contributed by atoms with Gasteiger partial charge >= 0.3 is 5.97 Å². The number of aromatic nitrogens is 1. The van der Waals surface area contributed by atoms with Gasteiger partial charge < -0.3 is 4.74 Å². The lowest BCUT2D eigenvalue weighted by atomic mass is 9.67. The Morgan fingerprint density at radius 3 is 2.64 bits per heavy atom. The molecule has 2 aliphatic rings. The molecule has 3 heteroatoms. The molecular weight excluding hydrogens is 310 g/mol. The molecule has 1 heterocycles. The van der Waals surface area contributed by atoms with E-state index in [2.05, 4.69) is 30.1 Å². The van der Waals surface area contributed by atoms with Crippen LogP contribution in [-0.4, -0.2) is 18.1 Å². The van der Waals surface area contributed by atoms with Crippen LogP contribution in [0.3, 0.4) is 0 Å². The highest BCUT2D eigenvalue weighted by molar-refractivity contribution is 5.69. The average molecular weight is 339 g/mol. The van der Waals surface area contributed by atoms with Crippen LogP contribution in [-0.2, 0) is 9.53 Å². The zero-order valence-corrected chi connectivity index (χ0v) is 15.7. The lowest BCUT2D eigenvalue weighted by Crippen LogP contribution is -2.31. The fourth-order valence-electron chi connectivity index (χ4n) is 4.38. The Bertz CT molecular complexity index is 785. The molecule has 0 aromatic carbocycles. The van der Waals surface area contributed by atoms with Gasteiger partial charge in [-0.2, -0.15) is 0 Å². The first-order valence-electron chi connectivity index (χ1n) is 9.54. The van der Waals surface area contributed by atoms with Gasteiger partial charge in [0.15, 0.2) is 0 Å². The van der Waals surface area contributed by atoms with Crippen molar-refractivity contribution < 1.29 is 9.53 Å². The summed E-state index contributed by atoms with van der Waals surface area (Å²) in [5, 5.41) is 2.21. The Kier molecular flexibility index (Phi) is 5.72. The molecule has 2 atom stereocenters. The fourth-order valence-corrected chi connectivity index (χ4v) is 4.38. The van der Waals surface area contributed by atoms with Gasteiger partial charge in [0, 0.05) is 18.5 Å². The maximum absolute atomic E-state index is 12.0. The fraction of sp³-hybridized carbons (Fsp3) is 0.545. The molecule has 3 rings (SSSR count). The molecule has 2 fully saturated rings. The van der Waals surface area contributed by atoms with Gasteiger partial charge in [-0.15, -0.1) is 0 Å². The van der Waals surface area contributed by atoms with E-state index in [1.807, 2.05) is 13.1 Å². The summed E-state index contributed by atoms with van der Waals surface area (Å²) in [6.45, 7) is 4.09. The van der Waals surface area contributed by atoms with Crippen molar-refractivity contribution in [2.24, 2.45) is 5.92 Å². The number of hydrogen-bond donors (Lipinski definition) is 0. The van der Waals surface area contributed by atoms with Gasteiger partial charge in [-0.3, -0.25) is 9.78 Å². The molecule has 0 aliphatic heterocycles. The van der Waals surface area contributed by atoms with Crippen LogP contribution < -0.4 is 10.6 Å². The lowest BCUT2D eigenvalue weighted by Gasteiger charge is -2.37. The lowest BCUT2D eigenvalue weighted by molar-refractivity contribution is -0.142. The number of nitrogens with zero attached hydrogens (tertiary/aromatic N) is 1. The summed E-state index contributed by atoms with van der Waals surface area (Å²) < 4.78 is 4.97. The summed E-state index contributed by atoms with van der Waals surface area (Å²) in [6.07, 6.45) is 13.9.